The molecular weight excluding hydrogens is 234 g/mol. The largest absolute Gasteiger partial charge is 0.492 e. The minimum Gasteiger partial charge on any atom is -0.492 e. The molecule has 2 nitrogen and oxygen atoms in total. The van der Waals surface area contributed by atoms with Gasteiger partial charge in [0.2, 0.25) is 0 Å². The molecule has 0 spiro atoms. The maximum atomic E-state index is 5.98. The van der Waals surface area contributed by atoms with E-state index in [1.165, 1.54) is 0 Å². The molecule has 2 unspecified atom stereocenters. The van der Waals surface area contributed by atoms with E-state index < -0.39 is 0 Å². The predicted octanol–water partition coefficient (Wildman–Crippen LogP) is 3.66. The highest BCUT2D eigenvalue weighted by Crippen LogP contribution is 2.21. The van der Waals surface area contributed by atoms with Crippen LogP contribution < -0.4 is 10.1 Å². The SMILES string of the molecule is CCC(C)C(COc1ccc(Cl)c(C)c1)NC. The van der Waals surface area contributed by atoms with Crippen molar-refractivity contribution in [1.82, 2.24) is 5.32 Å². The number of benzene rings is 1. The summed E-state index contributed by atoms with van der Waals surface area (Å²) < 4.78 is 5.80. The fraction of sp³-hybridized carbons (Fsp3) is 0.571. The fourth-order valence-electron chi connectivity index (χ4n) is 1.71. The van der Waals surface area contributed by atoms with E-state index in [0.29, 0.717) is 18.6 Å². The smallest absolute Gasteiger partial charge is 0.119 e. The summed E-state index contributed by atoms with van der Waals surface area (Å²) in [6, 6.07) is 6.16. The highest BCUT2D eigenvalue weighted by atomic mass is 35.5. The first kappa shape index (κ1) is 14.3. The average Bonchev–Trinajstić information content (AvgIpc) is 2.33. The van der Waals surface area contributed by atoms with Crippen LogP contribution in [0.15, 0.2) is 18.2 Å². The average molecular weight is 256 g/mol. The van der Waals surface area contributed by atoms with Crippen molar-refractivity contribution in [3.05, 3.63) is 28.8 Å². The third-order valence-corrected chi connectivity index (χ3v) is 3.68. The van der Waals surface area contributed by atoms with Gasteiger partial charge in [-0.15, -0.1) is 0 Å². The first-order valence-corrected chi connectivity index (χ1v) is 6.52. The second-order valence-corrected chi connectivity index (χ2v) is 4.91. The van der Waals surface area contributed by atoms with Crippen molar-refractivity contribution in [2.45, 2.75) is 33.2 Å². The van der Waals surface area contributed by atoms with Crippen molar-refractivity contribution in [2.75, 3.05) is 13.7 Å². The van der Waals surface area contributed by atoms with Crippen LogP contribution in [0.4, 0.5) is 0 Å². The standard InChI is InChI=1S/C14H22ClNO/c1-5-10(2)14(16-4)9-17-12-6-7-13(15)11(3)8-12/h6-8,10,14,16H,5,9H2,1-4H3. The molecule has 0 fully saturated rings. The first-order valence-electron chi connectivity index (χ1n) is 6.14. The van der Waals surface area contributed by atoms with Gasteiger partial charge in [0.25, 0.3) is 0 Å². The Labute approximate surface area is 109 Å². The Balaban J connectivity index is 2.56. The molecule has 1 aromatic carbocycles. The number of hydrogen-bond acceptors (Lipinski definition) is 2. The van der Waals surface area contributed by atoms with Gasteiger partial charge in [0.1, 0.15) is 12.4 Å². The van der Waals surface area contributed by atoms with E-state index in [9.17, 15) is 0 Å². The lowest BCUT2D eigenvalue weighted by Gasteiger charge is -2.22. The van der Waals surface area contributed by atoms with Gasteiger partial charge >= 0.3 is 0 Å². The van der Waals surface area contributed by atoms with Gasteiger partial charge in [0.15, 0.2) is 0 Å². The van der Waals surface area contributed by atoms with Gasteiger partial charge in [-0.25, -0.2) is 0 Å². The van der Waals surface area contributed by atoms with Crippen molar-refractivity contribution in [3.63, 3.8) is 0 Å². The Hall–Kier alpha value is -0.730. The molecule has 0 aromatic heterocycles. The zero-order valence-electron chi connectivity index (χ0n) is 11.1. The fourth-order valence-corrected chi connectivity index (χ4v) is 1.83. The van der Waals surface area contributed by atoms with Crippen molar-refractivity contribution in [1.29, 1.82) is 0 Å². The monoisotopic (exact) mass is 255 g/mol. The number of aryl methyl sites for hydroxylation is 1. The summed E-state index contributed by atoms with van der Waals surface area (Å²) in [5, 5.41) is 4.08. The molecule has 1 rings (SSSR count). The Kier molecular flexibility index (Phi) is 5.79. The number of rotatable bonds is 6. The minimum atomic E-state index is 0.385. The summed E-state index contributed by atoms with van der Waals surface area (Å²) in [6.45, 7) is 7.10. The van der Waals surface area contributed by atoms with E-state index in [-0.39, 0.29) is 0 Å². The van der Waals surface area contributed by atoms with Crippen molar-refractivity contribution in [2.24, 2.45) is 5.92 Å². The van der Waals surface area contributed by atoms with E-state index >= 15 is 0 Å². The molecule has 0 saturated carbocycles. The molecule has 1 aromatic rings. The summed E-state index contributed by atoms with van der Waals surface area (Å²) in [4.78, 5) is 0. The molecule has 0 aliphatic rings. The van der Waals surface area contributed by atoms with Crippen LogP contribution in [0, 0.1) is 12.8 Å². The molecular formula is C14H22ClNO. The van der Waals surface area contributed by atoms with Crippen LogP contribution in [-0.4, -0.2) is 19.7 Å². The van der Waals surface area contributed by atoms with Gasteiger partial charge < -0.3 is 10.1 Å². The number of likely N-dealkylation sites (N-methyl/N-ethyl adjacent to an activating group) is 1. The first-order chi connectivity index (χ1) is 8.08. The third-order valence-electron chi connectivity index (χ3n) is 3.26. The van der Waals surface area contributed by atoms with Gasteiger partial charge in [-0.1, -0.05) is 31.9 Å². The van der Waals surface area contributed by atoms with Gasteiger partial charge in [0, 0.05) is 11.1 Å². The van der Waals surface area contributed by atoms with Crippen molar-refractivity contribution < 1.29 is 4.74 Å². The van der Waals surface area contributed by atoms with Crippen LogP contribution in [0.1, 0.15) is 25.8 Å². The number of hydrogen-bond donors (Lipinski definition) is 1. The van der Waals surface area contributed by atoms with Gasteiger partial charge in [-0.3, -0.25) is 0 Å². The number of nitrogens with one attached hydrogen (secondary N) is 1. The lowest BCUT2D eigenvalue weighted by atomic mass is 10.0. The molecule has 17 heavy (non-hydrogen) atoms. The second-order valence-electron chi connectivity index (χ2n) is 4.50. The molecule has 1 N–H and O–H groups in total. The number of ether oxygens (including phenoxy) is 1. The molecule has 0 heterocycles. The number of halogens is 1. The third kappa shape index (κ3) is 4.21. The van der Waals surface area contributed by atoms with E-state index in [4.69, 9.17) is 16.3 Å². The second kappa shape index (κ2) is 6.87. The van der Waals surface area contributed by atoms with Gasteiger partial charge in [0.05, 0.1) is 0 Å². The topological polar surface area (TPSA) is 21.3 Å². The highest BCUT2D eigenvalue weighted by molar-refractivity contribution is 6.31. The Morgan fingerprint density at radius 2 is 2.12 bits per heavy atom. The predicted molar refractivity (Wildman–Crippen MR) is 74.0 cm³/mol. The van der Waals surface area contributed by atoms with E-state index in [1.54, 1.807) is 0 Å². The van der Waals surface area contributed by atoms with Gasteiger partial charge in [-0.05, 0) is 43.7 Å². The Morgan fingerprint density at radius 1 is 1.41 bits per heavy atom. The normalized spacial score (nSPS) is 14.4. The molecule has 2 atom stereocenters. The molecule has 0 aliphatic heterocycles. The van der Waals surface area contributed by atoms with Crippen LogP contribution in [0.5, 0.6) is 5.75 Å². The molecule has 0 radical (unpaired) electrons. The lowest BCUT2D eigenvalue weighted by Crippen LogP contribution is -2.37. The van der Waals surface area contributed by atoms with Crippen LogP contribution >= 0.6 is 11.6 Å². The summed E-state index contributed by atoms with van der Waals surface area (Å²) >= 11 is 5.98. The summed E-state index contributed by atoms with van der Waals surface area (Å²) in [7, 11) is 1.98. The summed E-state index contributed by atoms with van der Waals surface area (Å²) in [6.07, 6.45) is 1.15. The summed E-state index contributed by atoms with van der Waals surface area (Å²) in [5.74, 6) is 1.49. The lowest BCUT2D eigenvalue weighted by molar-refractivity contribution is 0.228. The van der Waals surface area contributed by atoms with Crippen LogP contribution in [0.3, 0.4) is 0 Å². The Bertz CT molecular complexity index is 354. The van der Waals surface area contributed by atoms with Gasteiger partial charge in [-0.2, -0.15) is 0 Å². The molecule has 3 heteroatoms. The molecule has 0 bridgehead atoms. The maximum Gasteiger partial charge on any atom is 0.119 e. The van der Waals surface area contributed by atoms with E-state index in [1.807, 2.05) is 32.2 Å². The van der Waals surface area contributed by atoms with Crippen molar-refractivity contribution >= 4 is 11.6 Å². The van der Waals surface area contributed by atoms with E-state index in [2.05, 4.69) is 19.2 Å². The summed E-state index contributed by atoms with van der Waals surface area (Å²) in [5.41, 5.74) is 1.05. The van der Waals surface area contributed by atoms with Crippen molar-refractivity contribution in [3.8, 4) is 5.75 Å². The maximum absolute atomic E-state index is 5.98. The molecule has 96 valence electrons. The molecule has 0 aliphatic carbocycles. The van der Waals surface area contributed by atoms with Crippen LogP contribution in [-0.2, 0) is 0 Å². The zero-order chi connectivity index (χ0) is 12.8. The minimum absolute atomic E-state index is 0.385. The quantitative estimate of drug-likeness (QED) is 0.838. The van der Waals surface area contributed by atoms with Crippen LogP contribution in [0.25, 0.3) is 0 Å². The van der Waals surface area contributed by atoms with Crippen LogP contribution in [0.2, 0.25) is 5.02 Å². The molecule has 0 amide bonds. The molecule has 0 saturated heterocycles. The van der Waals surface area contributed by atoms with E-state index in [0.717, 1.165) is 22.8 Å². The zero-order valence-corrected chi connectivity index (χ0v) is 11.8. The highest BCUT2D eigenvalue weighted by Gasteiger charge is 2.14. The Morgan fingerprint density at radius 3 is 2.65 bits per heavy atom.